The average molecular weight is 308 g/mol. The molecule has 0 spiro atoms. The Labute approximate surface area is 135 Å². The summed E-state index contributed by atoms with van der Waals surface area (Å²) in [5, 5.41) is 9.28. The van der Waals surface area contributed by atoms with Crippen LogP contribution >= 0.6 is 0 Å². The number of aliphatic hydroxyl groups excluding tert-OH is 1. The van der Waals surface area contributed by atoms with Gasteiger partial charge >= 0.3 is 0 Å². The number of rotatable bonds is 7. The van der Waals surface area contributed by atoms with Crippen LogP contribution in [0.1, 0.15) is 64.4 Å². The summed E-state index contributed by atoms with van der Waals surface area (Å²) in [5.41, 5.74) is 1.29. The van der Waals surface area contributed by atoms with Gasteiger partial charge < -0.3 is 14.6 Å². The Kier molecular flexibility index (Phi) is 9.72. The van der Waals surface area contributed by atoms with E-state index < -0.39 is 0 Å². The minimum absolute atomic E-state index is 0.0310. The second kappa shape index (κ2) is 11.4. The lowest BCUT2D eigenvalue weighted by atomic mass is 10.1. The van der Waals surface area contributed by atoms with E-state index in [1.807, 2.05) is 12.1 Å². The van der Waals surface area contributed by atoms with Crippen LogP contribution in [0.4, 0.5) is 0 Å². The smallest absolute Gasteiger partial charge is 0.126 e. The van der Waals surface area contributed by atoms with Gasteiger partial charge in [0, 0.05) is 6.07 Å². The zero-order valence-corrected chi connectivity index (χ0v) is 14.4. The molecule has 2 rings (SSSR count). The number of aryl methyl sites for hydroxylation is 1. The van der Waals surface area contributed by atoms with Gasteiger partial charge in [-0.25, -0.2) is 0 Å². The summed E-state index contributed by atoms with van der Waals surface area (Å²) in [6.07, 6.45) is 9.01. The van der Waals surface area contributed by atoms with E-state index in [-0.39, 0.29) is 6.10 Å². The van der Waals surface area contributed by atoms with Gasteiger partial charge in [-0.2, -0.15) is 0 Å². The molecule has 0 saturated carbocycles. The van der Waals surface area contributed by atoms with E-state index in [9.17, 15) is 5.11 Å². The highest BCUT2D eigenvalue weighted by Gasteiger charge is 2.10. The number of unbranched alkanes of at least 4 members (excludes halogenated alkanes) is 2. The lowest BCUT2D eigenvalue weighted by molar-refractivity contribution is 0.150. The van der Waals surface area contributed by atoms with Gasteiger partial charge in [0.1, 0.15) is 11.5 Å². The predicted molar refractivity (Wildman–Crippen MR) is 91.9 cm³/mol. The molecule has 3 heteroatoms. The van der Waals surface area contributed by atoms with Crippen LogP contribution in [-0.4, -0.2) is 24.9 Å². The van der Waals surface area contributed by atoms with Crippen molar-refractivity contribution < 1.29 is 14.6 Å². The van der Waals surface area contributed by atoms with Crippen molar-refractivity contribution in [3.8, 4) is 11.5 Å². The predicted octanol–water partition coefficient (Wildman–Crippen LogP) is 4.75. The fraction of sp³-hybridized carbons (Fsp3) is 0.684. The molecular formula is C19H32O3. The van der Waals surface area contributed by atoms with Gasteiger partial charge in [0.05, 0.1) is 19.8 Å². The Hall–Kier alpha value is -1.22. The second-order valence-corrected chi connectivity index (χ2v) is 5.86. The Balaban J connectivity index is 0.000000225. The van der Waals surface area contributed by atoms with Crippen LogP contribution in [0.2, 0.25) is 0 Å². The van der Waals surface area contributed by atoms with E-state index in [2.05, 4.69) is 19.9 Å². The molecule has 1 N–H and O–H groups in total. The van der Waals surface area contributed by atoms with Crippen LogP contribution in [0.15, 0.2) is 18.2 Å². The maximum absolute atomic E-state index is 9.28. The largest absolute Gasteiger partial charge is 0.497 e. The first-order valence-corrected chi connectivity index (χ1v) is 8.69. The number of hydrogen-bond acceptors (Lipinski definition) is 3. The molecule has 0 radical (unpaired) electrons. The van der Waals surface area contributed by atoms with E-state index in [0.29, 0.717) is 0 Å². The van der Waals surface area contributed by atoms with E-state index in [0.717, 1.165) is 50.2 Å². The summed E-state index contributed by atoms with van der Waals surface area (Å²) in [6, 6.07) is 6.01. The molecule has 0 bridgehead atoms. The Morgan fingerprint density at radius 1 is 1.18 bits per heavy atom. The van der Waals surface area contributed by atoms with Gasteiger partial charge in [-0.3, -0.25) is 0 Å². The average Bonchev–Trinajstić information content (AvgIpc) is 2.55. The molecular weight excluding hydrogens is 276 g/mol. The molecule has 1 aromatic carbocycles. The van der Waals surface area contributed by atoms with E-state index >= 15 is 0 Å². The molecule has 1 atom stereocenters. The summed E-state index contributed by atoms with van der Waals surface area (Å²) in [6.45, 7) is 5.13. The number of methoxy groups -OCH3 is 1. The van der Waals surface area contributed by atoms with Gasteiger partial charge in [-0.1, -0.05) is 45.6 Å². The van der Waals surface area contributed by atoms with Gasteiger partial charge in [0.15, 0.2) is 0 Å². The zero-order valence-electron chi connectivity index (χ0n) is 14.4. The summed E-state index contributed by atoms with van der Waals surface area (Å²) in [4.78, 5) is 0. The first-order valence-electron chi connectivity index (χ1n) is 8.69. The molecule has 0 amide bonds. The van der Waals surface area contributed by atoms with Crippen LogP contribution in [-0.2, 0) is 6.42 Å². The Morgan fingerprint density at radius 2 is 2.00 bits per heavy atom. The molecule has 1 heterocycles. The third-order valence-corrected chi connectivity index (χ3v) is 3.89. The van der Waals surface area contributed by atoms with Crippen molar-refractivity contribution in [2.75, 3.05) is 13.7 Å². The minimum atomic E-state index is -0.0310. The van der Waals surface area contributed by atoms with Gasteiger partial charge in [0.2, 0.25) is 0 Å². The topological polar surface area (TPSA) is 38.7 Å². The van der Waals surface area contributed by atoms with Crippen molar-refractivity contribution in [2.45, 2.75) is 71.3 Å². The number of hydrogen-bond donors (Lipinski definition) is 1. The van der Waals surface area contributed by atoms with Crippen LogP contribution in [0.25, 0.3) is 0 Å². The van der Waals surface area contributed by atoms with Crippen LogP contribution in [0.5, 0.6) is 11.5 Å². The number of fused-ring (bicyclic) bond motifs is 1. The SMILES string of the molecule is CCCCCC(O)CCC.COc1ccc2c(c1)OCCC2. The molecule has 126 valence electrons. The highest BCUT2D eigenvalue weighted by Crippen LogP contribution is 2.28. The summed E-state index contributed by atoms with van der Waals surface area (Å²) in [5.74, 6) is 1.86. The van der Waals surface area contributed by atoms with E-state index in [1.54, 1.807) is 7.11 Å². The molecule has 3 nitrogen and oxygen atoms in total. The summed E-state index contributed by atoms with van der Waals surface area (Å²) < 4.78 is 10.6. The van der Waals surface area contributed by atoms with Crippen molar-refractivity contribution in [1.82, 2.24) is 0 Å². The zero-order chi connectivity index (χ0) is 16.2. The normalized spacial score (nSPS) is 14.2. The number of aliphatic hydroxyl groups is 1. The Morgan fingerprint density at radius 3 is 2.68 bits per heavy atom. The molecule has 1 aliphatic rings. The maximum Gasteiger partial charge on any atom is 0.126 e. The number of benzene rings is 1. The van der Waals surface area contributed by atoms with Gasteiger partial charge in [-0.05, 0) is 37.3 Å². The Bertz CT molecular complexity index is 404. The highest BCUT2D eigenvalue weighted by atomic mass is 16.5. The van der Waals surface area contributed by atoms with E-state index in [1.165, 1.54) is 24.8 Å². The fourth-order valence-corrected chi connectivity index (χ4v) is 2.56. The van der Waals surface area contributed by atoms with E-state index in [4.69, 9.17) is 9.47 Å². The lowest BCUT2D eigenvalue weighted by Gasteiger charge is -2.17. The highest BCUT2D eigenvalue weighted by molar-refractivity contribution is 5.41. The fourth-order valence-electron chi connectivity index (χ4n) is 2.56. The van der Waals surface area contributed by atoms with Crippen molar-refractivity contribution in [1.29, 1.82) is 0 Å². The molecule has 0 aliphatic carbocycles. The van der Waals surface area contributed by atoms with Crippen LogP contribution < -0.4 is 9.47 Å². The maximum atomic E-state index is 9.28. The quantitative estimate of drug-likeness (QED) is 0.739. The molecule has 1 aromatic rings. The first kappa shape index (κ1) is 18.8. The molecule has 22 heavy (non-hydrogen) atoms. The van der Waals surface area contributed by atoms with Gasteiger partial charge in [0.25, 0.3) is 0 Å². The third kappa shape index (κ3) is 7.17. The summed E-state index contributed by atoms with van der Waals surface area (Å²) in [7, 11) is 1.67. The third-order valence-electron chi connectivity index (χ3n) is 3.89. The van der Waals surface area contributed by atoms with Crippen molar-refractivity contribution in [3.05, 3.63) is 23.8 Å². The van der Waals surface area contributed by atoms with Gasteiger partial charge in [-0.15, -0.1) is 0 Å². The second-order valence-electron chi connectivity index (χ2n) is 5.86. The van der Waals surface area contributed by atoms with Crippen molar-refractivity contribution >= 4 is 0 Å². The monoisotopic (exact) mass is 308 g/mol. The molecule has 1 aliphatic heterocycles. The van der Waals surface area contributed by atoms with Crippen molar-refractivity contribution in [3.63, 3.8) is 0 Å². The molecule has 1 unspecified atom stereocenters. The number of ether oxygens (including phenoxy) is 2. The molecule has 0 fully saturated rings. The van der Waals surface area contributed by atoms with Crippen molar-refractivity contribution in [2.24, 2.45) is 0 Å². The van der Waals surface area contributed by atoms with Crippen LogP contribution in [0.3, 0.4) is 0 Å². The van der Waals surface area contributed by atoms with Crippen LogP contribution in [0, 0.1) is 0 Å². The first-order chi connectivity index (χ1) is 10.7. The summed E-state index contributed by atoms with van der Waals surface area (Å²) >= 11 is 0. The molecule has 0 aromatic heterocycles. The standard InChI is InChI=1S/C10H12O2.C9H20O/c1-11-9-5-4-8-3-2-6-12-10(8)7-9;1-3-5-6-8-9(10)7-4-2/h4-5,7H,2-3,6H2,1H3;9-10H,3-8H2,1-2H3. The minimum Gasteiger partial charge on any atom is -0.497 e. The molecule has 0 saturated heterocycles. The lowest BCUT2D eigenvalue weighted by Crippen LogP contribution is -2.07.